The van der Waals surface area contributed by atoms with Crippen LogP contribution in [0.2, 0.25) is 0 Å². The molecule has 2 heterocycles. The molecular weight excluding hydrogens is 360 g/mol. The third kappa shape index (κ3) is 3.20. The molecule has 0 radical (unpaired) electrons. The first-order chi connectivity index (χ1) is 13.4. The maximum absolute atomic E-state index is 12.5. The van der Waals surface area contributed by atoms with Crippen molar-refractivity contribution in [1.29, 1.82) is 0 Å². The topological polar surface area (TPSA) is 86.7 Å². The fourth-order valence-electron chi connectivity index (χ4n) is 2.98. The second-order valence-electron chi connectivity index (χ2n) is 6.49. The minimum atomic E-state index is -0.625. The summed E-state index contributed by atoms with van der Waals surface area (Å²) < 4.78 is 16.2. The van der Waals surface area contributed by atoms with Crippen LogP contribution in [-0.4, -0.2) is 11.9 Å². The van der Waals surface area contributed by atoms with Crippen LogP contribution in [0.3, 0.4) is 0 Å². The van der Waals surface area contributed by atoms with Gasteiger partial charge in [-0.15, -0.1) is 0 Å². The molecule has 0 amide bonds. The second kappa shape index (κ2) is 6.81. The minimum absolute atomic E-state index is 0.121. The molecule has 6 heteroatoms. The number of Topliss-reactive ketones (excluding diaryl/α,β-unsaturated/α-hetero) is 1. The second-order valence-corrected chi connectivity index (χ2v) is 6.49. The summed E-state index contributed by atoms with van der Waals surface area (Å²) in [6, 6.07) is 15.0. The largest absolute Gasteiger partial charge is 0.483 e. The van der Waals surface area contributed by atoms with E-state index in [1.165, 1.54) is 19.1 Å². The third-order valence-corrected chi connectivity index (χ3v) is 4.53. The Balaban J connectivity index is 1.90. The Bertz CT molecular complexity index is 1330. The molecule has 0 aliphatic carbocycles. The Hall–Kier alpha value is -3.67. The van der Waals surface area contributed by atoms with E-state index in [0.717, 1.165) is 5.39 Å². The van der Waals surface area contributed by atoms with Crippen LogP contribution in [0, 0.1) is 0 Å². The van der Waals surface area contributed by atoms with Gasteiger partial charge in [0.2, 0.25) is 0 Å². The summed E-state index contributed by atoms with van der Waals surface area (Å²) in [6.45, 7) is 3.07. The van der Waals surface area contributed by atoms with Gasteiger partial charge in [-0.2, -0.15) is 0 Å². The molecular formula is C22H16O6. The first kappa shape index (κ1) is 17.7. The number of rotatable bonds is 4. The highest BCUT2D eigenvalue weighted by molar-refractivity contribution is 5.95. The number of hydrogen-bond donors (Lipinski definition) is 0. The summed E-state index contributed by atoms with van der Waals surface area (Å²) in [5, 5.41) is 1.30. The van der Waals surface area contributed by atoms with Crippen LogP contribution in [0.15, 0.2) is 73.0 Å². The molecule has 2 aromatic carbocycles. The Morgan fingerprint density at radius 2 is 1.71 bits per heavy atom. The van der Waals surface area contributed by atoms with Gasteiger partial charge in [-0.25, -0.2) is 9.59 Å². The van der Waals surface area contributed by atoms with Crippen molar-refractivity contribution in [2.75, 3.05) is 0 Å². The van der Waals surface area contributed by atoms with Crippen molar-refractivity contribution in [3.05, 3.63) is 75.4 Å². The predicted octanol–water partition coefficient (Wildman–Crippen LogP) is 3.92. The van der Waals surface area contributed by atoms with Gasteiger partial charge in [0.1, 0.15) is 16.9 Å². The lowest BCUT2D eigenvalue weighted by atomic mass is 10.0. The van der Waals surface area contributed by atoms with Crippen LogP contribution < -0.4 is 16.0 Å². The molecule has 4 aromatic rings. The van der Waals surface area contributed by atoms with Crippen molar-refractivity contribution >= 4 is 27.7 Å². The van der Waals surface area contributed by atoms with Crippen LogP contribution in [0.1, 0.15) is 13.8 Å². The summed E-state index contributed by atoms with van der Waals surface area (Å²) in [5.74, 6) is 0.269. The fourth-order valence-corrected chi connectivity index (χ4v) is 2.98. The number of carbonyl (C=O) groups excluding carboxylic acids is 1. The van der Waals surface area contributed by atoms with E-state index in [4.69, 9.17) is 13.6 Å². The van der Waals surface area contributed by atoms with Crippen molar-refractivity contribution in [2.45, 2.75) is 20.0 Å². The molecule has 0 N–H and O–H groups in total. The molecule has 140 valence electrons. The van der Waals surface area contributed by atoms with Gasteiger partial charge in [-0.05, 0) is 38.1 Å². The lowest BCUT2D eigenvalue weighted by molar-refractivity contribution is -0.122. The monoisotopic (exact) mass is 376 g/mol. The maximum Gasteiger partial charge on any atom is 0.344 e. The summed E-state index contributed by atoms with van der Waals surface area (Å²) in [4.78, 5) is 36.0. The number of ether oxygens (including phenoxy) is 1. The van der Waals surface area contributed by atoms with E-state index in [0.29, 0.717) is 22.3 Å². The number of hydrogen-bond acceptors (Lipinski definition) is 6. The molecule has 0 saturated heterocycles. The van der Waals surface area contributed by atoms with Crippen LogP contribution >= 0.6 is 0 Å². The molecule has 2 aromatic heterocycles. The first-order valence-electron chi connectivity index (χ1n) is 8.70. The van der Waals surface area contributed by atoms with Crippen molar-refractivity contribution < 1.29 is 18.4 Å². The SMILES string of the molecule is CC(=O)[C@@H](C)Oc1ccc2c(-c3cc4ccccc4oc3=O)cc(=O)oc2c1. The van der Waals surface area contributed by atoms with Gasteiger partial charge in [0.25, 0.3) is 0 Å². The van der Waals surface area contributed by atoms with Crippen molar-refractivity contribution in [3.63, 3.8) is 0 Å². The van der Waals surface area contributed by atoms with Crippen LogP contribution in [-0.2, 0) is 4.79 Å². The summed E-state index contributed by atoms with van der Waals surface area (Å²) in [5.41, 5.74) is 0.253. The van der Waals surface area contributed by atoms with Gasteiger partial charge in [-0.3, -0.25) is 4.79 Å². The quantitative estimate of drug-likeness (QED) is 0.502. The van der Waals surface area contributed by atoms with E-state index in [-0.39, 0.29) is 16.9 Å². The zero-order valence-electron chi connectivity index (χ0n) is 15.2. The summed E-state index contributed by atoms with van der Waals surface area (Å²) in [6.07, 6.45) is -0.625. The van der Waals surface area contributed by atoms with Gasteiger partial charge in [0, 0.05) is 28.5 Å². The lowest BCUT2D eigenvalue weighted by Gasteiger charge is -2.12. The van der Waals surface area contributed by atoms with E-state index >= 15 is 0 Å². The molecule has 0 unspecified atom stereocenters. The van der Waals surface area contributed by atoms with Gasteiger partial charge in [0.05, 0.1) is 5.56 Å². The van der Waals surface area contributed by atoms with E-state index in [9.17, 15) is 14.4 Å². The van der Waals surface area contributed by atoms with Gasteiger partial charge in [-0.1, -0.05) is 18.2 Å². The van der Waals surface area contributed by atoms with Gasteiger partial charge < -0.3 is 13.6 Å². The number of fused-ring (bicyclic) bond motifs is 2. The molecule has 0 aliphatic rings. The average Bonchev–Trinajstić information content (AvgIpc) is 2.66. The maximum atomic E-state index is 12.5. The first-order valence-corrected chi connectivity index (χ1v) is 8.70. The van der Waals surface area contributed by atoms with Crippen molar-refractivity contribution in [3.8, 4) is 16.9 Å². The van der Waals surface area contributed by atoms with Crippen molar-refractivity contribution in [2.24, 2.45) is 0 Å². The summed E-state index contributed by atoms with van der Waals surface area (Å²) in [7, 11) is 0. The normalized spacial score (nSPS) is 12.2. The van der Waals surface area contributed by atoms with E-state index in [2.05, 4.69) is 0 Å². The standard InChI is InChI=1S/C22H16O6/c1-12(23)13(2)26-15-7-8-16-17(11-21(24)27-20(16)10-15)18-9-14-5-3-4-6-19(14)28-22(18)25/h3-11,13H,1-2H3/t13-/m1/s1. The number of benzene rings is 2. The van der Waals surface area contributed by atoms with E-state index < -0.39 is 17.4 Å². The van der Waals surface area contributed by atoms with Crippen LogP contribution in [0.25, 0.3) is 33.1 Å². The van der Waals surface area contributed by atoms with Crippen LogP contribution in [0.5, 0.6) is 5.75 Å². The van der Waals surface area contributed by atoms with E-state index in [1.54, 1.807) is 37.3 Å². The van der Waals surface area contributed by atoms with Gasteiger partial charge in [0.15, 0.2) is 11.9 Å². The van der Waals surface area contributed by atoms with Crippen molar-refractivity contribution in [1.82, 2.24) is 0 Å². The smallest absolute Gasteiger partial charge is 0.344 e. The highest BCUT2D eigenvalue weighted by Gasteiger charge is 2.15. The minimum Gasteiger partial charge on any atom is -0.483 e. The molecule has 0 aliphatic heterocycles. The number of ketones is 1. The molecule has 28 heavy (non-hydrogen) atoms. The Labute approximate surface area is 159 Å². The molecule has 0 spiro atoms. The van der Waals surface area contributed by atoms with E-state index in [1.807, 2.05) is 12.1 Å². The predicted molar refractivity (Wildman–Crippen MR) is 105 cm³/mol. The fraction of sp³-hybridized carbons (Fsp3) is 0.136. The molecule has 6 nitrogen and oxygen atoms in total. The lowest BCUT2D eigenvalue weighted by Crippen LogP contribution is -2.20. The molecule has 1 atom stereocenters. The number of carbonyl (C=O) groups is 1. The Kier molecular flexibility index (Phi) is 4.31. The third-order valence-electron chi connectivity index (χ3n) is 4.53. The zero-order chi connectivity index (χ0) is 19.8. The molecule has 0 bridgehead atoms. The molecule has 0 fully saturated rings. The Morgan fingerprint density at radius 3 is 2.50 bits per heavy atom. The zero-order valence-corrected chi connectivity index (χ0v) is 15.2. The number of para-hydroxylation sites is 1. The van der Waals surface area contributed by atoms with Crippen LogP contribution in [0.4, 0.5) is 0 Å². The average molecular weight is 376 g/mol. The summed E-state index contributed by atoms with van der Waals surface area (Å²) >= 11 is 0. The Morgan fingerprint density at radius 1 is 0.929 bits per heavy atom. The van der Waals surface area contributed by atoms with Gasteiger partial charge >= 0.3 is 11.3 Å². The highest BCUT2D eigenvalue weighted by atomic mass is 16.5. The highest BCUT2D eigenvalue weighted by Crippen LogP contribution is 2.30. The molecule has 4 rings (SSSR count). The molecule has 0 saturated carbocycles.